The highest BCUT2D eigenvalue weighted by atomic mass is 15.3. The molecule has 196 valence electrons. The molecule has 0 saturated carbocycles. The first-order chi connectivity index (χ1) is 19.7. The second-order valence-corrected chi connectivity index (χ2v) is 10.3. The third-order valence-corrected chi connectivity index (χ3v) is 7.90. The van der Waals surface area contributed by atoms with Crippen molar-refractivity contribution in [3.8, 4) is 23.0 Å². The predicted octanol–water partition coefficient (Wildman–Crippen LogP) is 7.05. The number of rotatable bonds is 5. The number of fused-ring (bicyclic) bond motifs is 4. The number of hydrogen-bond donors (Lipinski definition) is 0. The van der Waals surface area contributed by atoms with Crippen LogP contribution in [0.2, 0.25) is 0 Å². The summed E-state index contributed by atoms with van der Waals surface area (Å²) < 4.78 is 6.36. The van der Waals surface area contributed by atoms with Gasteiger partial charge in [-0.3, -0.25) is 0 Å². The van der Waals surface area contributed by atoms with E-state index in [1.54, 1.807) is 0 Å². The van der Waals surface area contributed by atoms with Crippen molar-refractivity contribution in [3.05, 3.63) is 96.2 Å². The van der Waals surface area contributed by atoms with E-state index >= 15 is 0 Å². The zero-order chi connectivity index (χ0) is 27.1. The number of aryl methyl sites for hydroxylation is 2. The molecule has 1 aliphatic heterocycles. The Balaban J connectivity index is 1.42. The highest BCUT2D eigenvalue weighted by Crippen LogP contribution is 2.34. The quantitative estimate of drug-likeness (QED) is 0.227. The van der Waals surface area contributed by atoms with Crippen molar-refractivity contribution in [1.29, 1.82) is 5.26 Å². The first kappa shape index (κ1) is 24.1. The Labute approximate surface area is 232 Å². The van der Waals surface area contributed by atoms with Crippen LogP contribution in [0.1, 0.15) is 43.4 Å². The monoisotopic (exact) mass is 523 g/mol. The van der Waals surface area contributed by atoms with Crippen molar-refractivity contribution in [2.24, 2.45) is 0 Å². The highest BCUT2D eigenvalue weighted by Gasteiger charge is 2.20. The Morgan fingerprint density at radius 3 is 2.60 bits per heavy atom. The molecule has 0 spiro atoms. The van der Waals surface area contributed by atoms with Gasteiger partial charge in [0.2, 0.25) is 0 Å². The van der Waals surface area contributed by atoms with E-state index in [0.29, 0.717) is 11.4 Å². The van der Waals surface area contributed by atoms with Gasteiger partial charge in [-0.25, -0.2) is 4.68 Å². The molecule has 0 radical (unpaired) electrons. The Hall–Kier alpha value is -4.96. The average Bonchev–Trinajstić information content (AvgIpc) is 3.64. The van der Waals surface area contributed by atoms with Gasteiger partial charge in [0.25, 0.3) is 0 Å². The molecule has 6 aromatic rings. The van der Waals surface area contributed by atoms with Crippen molar-refractivity contribution in [3.63, 3.8) is 0 Å². The fourth-order valence-electron chi connectivity index (χ4n) is 5.96. The smallest absolute Gasteiger partial charge is 0.174 e. The summed E-state index contributed by atoms with van der Waals surface area (Å²) in [6.07, 6.45) is 8.16. The van der Waals surface area contributed by atoms with Crippen LogP contribution in [0, 0.1) is 11.3 Å². The van der Waals surface area contributed by atoms with Gasteiger partial charge in [0.05, 0.1) is 11.3 Å². The lowest BCUT2D eigenvalue weighted by atomic mass is 10.0. The van der Waals surface area contributed by atoms with Crippen molar-refractivity contribution >= 4 is 33.5 Å². The minimum Gasteiger partial charge on any atom is -0.341 e. The van der Waals surface area contributed by atoms with Crippen molar-refractivity contribution in [2.75, 3.05) is 0 Å². The molecule has 3 aromatic heterocycles. The molecule has 0 amide bonds. The molecular formula is C33H29N7. The summed E-state index contributed by atoms with van der Waals surface area (Å²) >= 11 is 0. The van der Waals surface area contributed by atoms with Crippen LogP contribution in [0.4, 0.5) is 0 Å². The number of aromatic nitrogens is 6. The van der Waals surface area contributed by atoms with Gasteiger partial charge >= 0.3 is 0 Å². The zero-order valence-electron chi connectivity index (χ0n) is 22.5. The third-order valence-electron chi connectivity index (χ3n) is 7.90. The van der Waals surface area contributed by atoms with E-state index in [1.165, 1.54) is 28.2 Å². The molecule has 0 atom stereocenters. The molecule has 40 heavy (non-hydrogen) atoms. The summed E-state index contributed by atoms with van der Waals surface area (Å²) in [4.78, 5) is 0. The SMILES string of the molecule is CCn1c2ccccc2c2cc(-c3nn(-c4ccccc4)cc3/C=C(/C#N)c3nnc4n3CCCCC4)ccc21. The summed E-state index contributed by atoms with van der Waals surface area (Å²) in [5, 5.41) is 26.6. The largest absolute Gasteiger partial charge is 0.341 e. The van der Waals surface area contributed by atoms with Gasteiger partial charge in [-0.05, 0) is 56.2 Å². The van der Waals surface area contributed by atoms with E-state index in [4.69, 9.17) is 5.10 Å². The first-order valence-electron chi connectivity index (χ1n) is 14.0. The van der Waals surface area contributed by atoms with Gasteiger partial charge in [0.1, 0.15) is 17.6 Å². The first-order valence-corrected chi connectivity index (χ1v) is 14.0. The summed E-state index contributed by atoms with van der Waals surface area (Å²) in [5.74, 6) is 1.60. The van der Waals surface area contributed by atoms with Crippen LogP contribution in [0.15, 0.2) is 79.0 Å². The molecule has 7 nitrogen and oxygen atoms in total. The standard InChI is InChI=1S/C33H29N7/c1-2-38-29-14-9-8-13-27(29)28-20-23(16-17-30(28)38)32-25(22-40(37-32)26-11-5-3-6-12-26)19-24(21-34)33-36-35-31-15-7-4-10-18-39(31)33/h3,5-6,8-9,11-14,16-17,19-20,22H,2,4,7,10,15,18H2,1H3/b24-19-. The zero-order valence-corrected chi connectivity index (χ0v) is 22.5. The fraction of sp³-hybridized carbons (Fsp3) is 0.212. The Kier molecular flexibility index (Phi) is 6.01. The summed E-state index contributed by atoms with van der Waals surface area (Å²) in [6, 6.07) is 27.6. The van der Waals surface area contributed by atoms with E-state index in [0.717, 1.165) is 60.7 Å². The summed E-state index contributed by atoms with van der Waals surface area (Å²) in [5.41, 5.74) is 6.58. The molecule has 0 bridgehead atoms. The third kappa shape index (κ3) is 4.00. The molecule has 7 heteroatoms. The second-order valence-electron chi connectivity index (χ2n) is 10.3. The fourth-order valence-corrected chi connectivity index (χ4v) is 5.96. The van der Waals surface area contributed by atoms with E-state index in [9.17, 15) is 5.26 Å². The summed E-state index contributed by atoms with van der Waals surface area (Å²) in [6.45, 7) is 3.91. The normalized spacial score (nSPS) is 13.8. The molecule has 0 aliphatic carbocycles. The minimum absolute atomic E-state index is 0.498. The highest BCUT2D eigenvalue weighted by molar-refractivity contribution is 6.09. The van der Waals surface area contributed by atoms with Crippen LogP contribution < -0.4 is 0 Å². The van der Waals surface area contributed by atoms with Gasteiger partial charge in [-0.2, -0.15) is 10.4 Å². The summed E-state index contributed by atoms with van der Waals surface area (Å²) in [7, 11) is 0. The van der Waals surface area contributed by atoms with Crippen LogP contribution in [0.5, 0.6) is 0 Å². The van der Waals surface area contributed by atoms with Crippen molar-refractivity contribution < 1.29 is 0 Å². The molecule has 3 aromatic carbocycles. The molecule has 0 fully saturated rings. The van der Waals surface area contributed by atoms with Gasteiger partial charge in [-0.15, -0.1) is 10.2 Å². The topological polar surface area (TPSA) is 77.2 Å². The van der Waals surface area contributed by atoms with Crippen molar-refractivity contribution in [1.82, 2.24) is 29.1 Å². The second kappa shape index (κ2) is 9.97. The molecule has 4 heterocycles. The van der Waals surface area contributed by atoms with E-state index in [2.05, 4.69) is 74.8 Å². The minimum atomic E-state index is 0.498. The van der Waals surface area contributed by atoms with Crippen LogP contribution in [-0.2, 0) is 19.5 Å². The maximum absolute atomic E-state index is 10.3. The van der Waals surface area contributed by atoms with Gasteiger partial charge < -0.3 is 9.13 Å². The van der Waals surface area contributed by atoms with Gasteiger partial charge in [-0.1, -0.05) is 48.9 Å². The van der Waals surface area contributed by atoms with E-state index in [-0.39, 0.29) is 0 Å². The molecule has 7 rings (SSSR count). The molecule has 1 aliphatic rings. The number of benzene rings is 3. The van der Waals surface area contributed by atoms with Gasteiger partial charge in [0, 0.05) is 58.6 Å². The number of allylic oxidation sites excluding steroid dienone is 1. The lowest BCUT2D eigenvalue weighted by Crippen LogP contribution is -2.05. The number of nitriles is 1. The number of hydrogen-bond acceptors (Lipinski definition) is 4. The molecule has 0 unspecified atom stereocenters. The number of nitrogens with zero attached hydrogens (tertiary/aromatic N) is 7. The predicted molar refractivity (Wildman–Crippen MR) is 159 cm³/mol. The molecular weight excluding hydrogens is 494 g/mol. The van der Waals surface area contributed by atoms with Crippen LogP contribution in [0.25, 0.3) is 50.4 Å². The average molecular weight is 524 g/mol. The van der Waals surface area contributed by atoms with Gasteiger partial charge in [0.15, 0.2) is 5.82 Å². The van der Waals surface area contributed by atoms with Crippen LogP contribution >= 0.6 is 0 Å². The lowest BCUT2D eigenvalue weighted by molar-refractivity contribution is 0.627. The molecule has 0 N–H and O–H groups in total. The Bertz CT molecular complexity index is 1930. The lowest BCUT2D eigenvalue weighted by Gasteiger charge is -2.06. The Morgan fingerprint density at radius 2 is 1.75 bits per heavy atom. The Morgan fingerprint density at radius 1 is 0.925 bits per heavy atom. The van der Waals surface area contributed by atoms with Crippen LogP contribution in [0.3, 0.4) is 0 Å². The van der Waals surface area contributed by atoms with E-state index in [1.807, 2.05) is 47.3 Å². The maximum Gasteiger partial charge on any atom is 0.174 e. The van der Waals surface area contributed by atoms with Crippen molar-refractivity contribution in [2.45, 2.75) is 45.7 Å². The molecule has 0 saturated heterocycles. The van der Waals surface area contributed by atoms with E-state index < -0.39 is 0 Å². The van der Waals surface area contributed by atoms with Crippen LogP contribution in [-0.4, -0.2) is 29.1 Å². The number of para-hydroxylation sites is 2. The maximum atomic E-state index is 10.3.